The van der Waals surface area contributed by atoms with Gasteiger partial charge >= 0.3 is 5.69 Å². The highest BCUT2D eigenvalue weighted by Gasteiger charge is 2.33. The average Bonchev–Trinajstić information content (AvgIpc) is 3.22. The number of fused-ring (bicyclic) bond motifs is 3. The number of allylic oxidation sites excluding steroid dienone is 1. The van der Waals surface area contributed by atoms with Gasteiger partial charge in [-0.05, 0) is 53.3 Å². The van der Waals surface area contributed by atoms with Gasteiger partial charge < -0.3 is 4.74 Å². The maximum atomic E-state index is 13.8. The van der Waals surface area contributed by atoms with Crippen molar-refractivity contribution in [2.24, 2.45) is 4.99 Å². The van der Waals surface area contributed by atoms with Gasteiger partial charge in [-0.3, -0.25) is 19.5 Å². The molecule has 1 aliphatic heterocycles. The van der Waals surface area contributed by atoms with Crippen LogP contribution in [-0.2, 0) is 6.42 Å². The summed E-state index contributed by atoms with van der Waals surface area (Å²) in [5, 5.41) is 12.1. The number of rotatable bonds is 4. The number of thiazole rings is 1. The average molecular weight is 530 g/mol. The SMILES string of the molecule is COc1ccc(/C=c2/sc3n(c2=O)[C@H](c2ccccc2Cl)C2=C(N=3)c3ccccc3CC2)cc1[N+](=O)[O-]. The molecule has 2 heterocycles. The second kappa shape index (κ2) is 9.14. The van der Waals surface area contributed by atoms with Crippen LogP contribution in [0.3, 0.4) is 0 Å². The zero-order valence-electron chi connectivity index (χ0n) is 19.7. The highest BCUT2D eigenvalue weighted by atomic mass is 35.5. The highest BCUT2D eigenvalue weighted by Crippen LogP contribution is 2.42. The lowest BCUT2D eigenvalue weighted by atomic mass is 9.83. The predicted octanol–water partition coefficient (Wildman–Crippen LogP) is 4.89. The minimum absolute atomic E-state index is 0.161. The maximum Gasteiger partial charge on any atom is 0.311 e. The Morgan fingerprint density at radius 1 is 1.14 bits per heavy atom. The zero-order chi connectivity index (χ0) is 25.7. The summed E-state index contributed by atoms with van der Waals surface area (Å²) in [4.78, 5) is 30.4. The molecule has 2 aliphatic rings. The topological polar surface area (TPSA) is 86.7 Å². The van der Waals surface area contributed by atoms with E-state index in [-0.39, 0.29) is 23.0 Å². The number of benzene rings is 3. The van der Waals surface area contributed by atoms with E-state index in [2.05, 4.69) is 12.1 Å². The van der Waals surface area contributed by atoms with E-state index >= 15 is 0 Å². The van der Waals surface area contributed by atoms with Gasteiger partial charge in [0.2, 0.25) is 0 Å². The summed E-state index contributed by atoms with van der Waals surface area (Å²) >= 11 is 7.94. The Hall–Kier alpha value is -4.01. The third-order valence-electron chi connectivity index (χ3n) is 6.77. The summed E-state index contributed by atoms with van der Waals surface area (Å²) in [7, 11) is 1.38. The molecular formula is C28H20ClN3O4S. The third kappa shape index (κ3) is 3.89. The molecule has 0 saturated heterocycles. The second-order valence-corrected chi connectivity index (χ2v) is 10.2. The molecule has 7 nitrogen and oxygen atoms in total. The molecule has 6 rings (SSSR count). The van der Waals surface area contributed by atoms with Crippen molar-refractivity contribution in [2.45, 2.75) is 18.9 Å². The van der Waals surface area contributed by atoms with Crippen LogP contribution in [0.4, 0.5) is 5.69 Å². The lowest BCUT2D eigenvalue weighted by molar-refractivity contribution is -0.385. The van der Waals surface area contributed by atoms with Gasteiger partial charge in [0.05, 0.1) is 28.3 Å². The second-order valence-electron chi connectivity index (χ2n) is 8.82. The Morgan fingerprint density at radius 2 is 1.92 bits per heavy atom. The van der Waals surface area contributed by atoms with Crippen LogP contribution in [0.15, 0.2) is 82.1 Å². The number of nitro groups is 1. The Labute approximate surface area is 220 Å². The summed E-state index contributed by atoms with van der Waals surface area (Å²) in [6, 6.07) is 20.0. The van der Waals surface area contributed by atoms with E-state index in [1.165, 1.54) is 36.1 Å². The smallest absolute Gasteiger partial charge is 0.311 e. The van der Waals surface area contributed by atoms with Gasteiger partial charge in [-0.1, -0.05) is 71.5 Å². The first-order valence-electron chi connectivity index (χ1n) is 11.7. The van der Waals surface area contributed by atoms with E-state index in [1.807, 2.05) is 36.4 Å². The third-order valence-corrected chi connectivity index (χ3v) is 8.10. The van der Waals surface area contributed by atoms with E-state index in [1.54, 1.807) is 16.7 Å². The minimum atomic E-state index is -0.499. The standard InChI is InChI=1S/C28H20ClN3O4S/c1-36-23-13-10-16(14-22(23)32(34)35)15-24-27(33)31-26(19-8-4-5-9-21(19)29)20-12-11-17-6-2-3-7-18(17)25(20)30-28(31)37-24/h2-10,13-15,26H,11-12H2,1H3/b24-15+/t26-/m1/s1. The van der Waals surface area contributed by atoms with Crippen LogP contribution in [0.5, 0.6) is 5.75 Å². The molecule has 0 radical (unpaired) electrons. The first kappa shape index (κ1) is 23.4. The lowest BCUT2D eigenvalue weighted by Gasteiger charge is -2.31. The highest BCUT2D eigenvalue weighted by molar-refractivity contribution is 7.07. The lowest BCUT2D eigenvalue weighted by Crippen LogP contribution is -2.38. The van der Waals surface area contributed by atoms with E-state index in [4.69, 9.17) is 21.3 Å². The van der Waals surface area contributed by atoms with Crippen LogP contribution >= 0.6 is 22.9 Å². The van der Waals surface area contributed by atoms with E-state index < -0.39 is 4.92 Å². The van der Waals surface area contributed by atoms with E-state index in [9.17, 15) is 14.9 Å². The molecular weight excluding hydrogens is 510 g/mol. The zero-order valence-corrected chi connectivity index (χ0v) is 21.3. The van der Waals surface area contributed by atoms with Crippen molar-refractivity contribution in [3.8, 4) is 5.75 Å². The number of aromatic nitrogens is 1. The van der Waals surface area contributed by atoms with Crippen molar-refractivity contribution in [1.29, 1.82) is 0 Å². The molecule has 1 aromatic heterocycles. The normalized spacial score (nSPS) is 16.5. The summed E-state index contributed by atoms with van der Waals surface area (Å²) in [5.41, 5.74) is 5.25. The van der Waals surface area contributed by atoms with Crippen molar-refractivity contribution in [3.63, 3.8) is 0 Å². The minimum Gasteiger partial charge on any atom is -0.490 e. The molecule has 4 aromatic rings. The monoisotopic (exact) mass is 529 g/mol. The van der Waals surface area contributed by atoms with Crippen LogP contribution in [0.1, 0.15) is 34.7 Å². The van der Waals surface area contributed by atoms with Crippen molar-refractivity contribution < 1.29 is 9.66 Å². The first-order chi connectivity index (χ1) is 18.0. The molecule has 0 unspecified atom stereocenters. The molecule has 0 spiro atoms. The Kier molecular flexibility index (Phi) is 5.78. The number of nitrogens with zero attached hydrogens (tertiary/aromatic N) is 3. The van der Waals surface area contributed by atoms with Crippen LogP contribution < -0.4 is 19.6 Å². The largest absolute Gasteiger partial charge is 0.490 e. The molecule has 184 valence electrons. The number of halogens is 1. The number of methoxy groups -OCH3 is 1. The fourth-order valence-corrected chi connectivity index (χ4v) is 6.33. The number of hydrogen-bond donors (Lipinski definition) is 0. The summed E-state index contributed by atoms with van der Waals surface area (Å²) < 4.78 is 7.25. The Balaban J connectivity index is 1.60. The summed E-state index contributed by atoms with van der Waals surface area (Å²) in [6.07, 6.45) is 3.28. The summed E-state index contributed by atoms with van der Waals surface area (Å²) in [6.45, 7) is 0. The molecule has 9 heteroatoms. The number of hydrogen-bond acceptors (Lipinski definition) is 6. The van der Waals surface area contributed by atoms with Crippen LogP contribution in [0.2, 0.25) is 5.02 Å². The van der Waals surface area contributed by atoms with E-state index in [0.29, 0.717) is 19.9 Å². The van der Waals surface area contributed by atoms with Crippen molar-refractivity contribution in [2.75, 3.05) is 7.11 Å². The Morgan fingerprint density at radius 3 is 2.70 bits per heavy atom. The molecule has 37 heavy (non-hydrogen) atoms. The molecule has 0 bridgehead atoms. The molecule has 3 aromatic carbocycles. The van der Waals surface area contributed by atoms with Gasteiger partial charge in [0, 0.05) is 16.7 Å². The van der Waals surface area contributed by atoms with Crippen molar-refractivity contribution in [3.05, 3.63) is 129 Å². The number of ether oxygens (including phenoxy) is 1. The molecule has 0 N–H and O–H groups in total. The van der Waals surface area contributed by atoms with Crippen molar-refractivity contribution >= 4 is 40.4 Å². The quantitative estimate of drug-likeness (QED) is 0.278. The molecule has 1 atom stereocenters. The van der Waals surface area contributed by atoms with Gasteiger partial charge in [-0.15, -0.1) is 0 Å². The summed E-state index contributed by atoms with van der Waals surface area (Å²) in [5.74, 6) is 0.161. The maximum absolute atomic E-state index is 13.8. The number of aryl methyl sites for hydroxylation is 1. The number of nitro benzene ring substituents is 1. The molecule has 0 fully saturated rings. The Bertz CT molecular complexity index is 1800. The van der Waals surface area contributed by atoms with Gasteiger partial charge in [0.25, 0.3) is 5.56 Å². The predicted molar refractivity (Wildman–Crippen MR) is 144 cm³/mol. The van der Waals surface area contributed by atoms with Gasteiger partial charge in [0.15, 0.2) is 10.6 Å². The molecule has 1 aliphatic carbocycles. The fraction of sp³-hybridized carbons (Fsp3) is 0.143. The van der Waals surface area contributed by atoms with Gasteiger partial charge in [0.1, 0.15) is 0 Å². The van der Waals surface area contributed by atoms with Crippen LogP contribution in [0.25, 0.3) is 11.8 Å². The molecule has 0 saturated carbocycles. The van der Waals surface area contributed by atoms with Gasteiger partial charge in [-0.2, -0.15) is 0 Å². The molecule has 0 amide bonds. The fourth-order valence-electron chi connectivity index (χ4n) is 5.09. The van der Waals surface area contributed by atoms with Crippen LogP contribution in [-0.4, -0.2) is 16.6 Å². The first-order valence-corrected chi connectivity index (χ1v) is 12.9. The van der Waals surface area contributed by atoms with Crippen molar-refractivity contribution in [1.82, 2.24) is 4.57 Å². The van der Waals surface area contributed by atoms with Crippen LogP contribution in [0, 0.1) is 10.1 Å². The van der Waals surface area contributed by atoms with E-state index in [0.717, 1.165) is 35.2 Å². The van der Waals surface area contributed by atoms with Gasteiger partial charge in [-0.25, -0.2) is 4.99 Å².